The van der Waals surface area contributed by atoms with Crippen molar-refractivity contribution in [1.29, 1.82) is 0 Å². The lowest BCUT2D eigenvalue weighted by Gasteiger charge is -2.09. The van der Waals surface area contributed by atoms with E-state index in [1.165, 1.54) is 27.2 Å². The number of nitrogens with one attached hydrogen (secondary N) is 2. The van der Waals surface area contributed by atoms with Crippen molar-refractivity contribution in [3.63, 3.8) is 0 Å². The molecule has 31 heavy (non-hydrogen) atoms. The van der Waals surface area contributed by atoms with Crippen molar-refractivity contribution in [3.8, 4) is 17.2 Å². The minimum absolute atomic E-state index is 0.0673. The molecule has 0 unspecified atom stereocenters. The van der Waals surface area contributed by atoms with E-state index in [1.54, 1.807) is 31.2 Å². The lowest BCUT2D eigenvalue weighted by molar-refractivity contribution is -0.139. The van der Waals surface area contributed by atoms with E-state index < -0.39 is 5.97 Å². The van der Waals surface area contributed by atoms with Gasteiger partial charge in [0, 0.05) is 31.7 Å². The molecule has 0 atom stereocenters. The standard InChI is InChI=1S/C22H30N2O7/c1-15(9-12-31-16(2)25)22(28)24-11-6-5-10-23-20(26)8-7-17-13-18(29-3)21(27)19(14-17)30-4/h7-9,13-14,27H,5-6,10-12H2,1-4H3,(H,23,26)(H,24,28)/b8-7+,15-9+. The van der Waals surface area contributed by atoms with Crippen LogP contribution in [0.15, 0.2) is 29.9 Å². The molecule has 3 N–H and O–H groups in total. The van der Waals surface area contributed by atoms with Crippen molar-refractivity contribution in [2.75, 3.05) is 33.9 Å². The van der Waals surface area contributed by atoms with Crippen molar-refractivity contribution in [2.24, 2.45) is 0 Å². The van der Waals surface area contributed by atoms with Crippen molar-refractivity contribution in [3.05, 3.63) is 35.4 Å². The van der Waals surface area contributed by atoms with Crippen LogP contribution < -0.4 is 20.1 Å². The van der Waals surface area contributed by atoms with Gasteiger partial charge >= 0.3 is 5.97 Å². The zero-order chi connectivity index (χ0) is 23.2. The zero-order valence-electron chi connectivity index (χ0n) is 18.3. The van der Waals surface area contributed by atoms with Crippen LogP contribution in [-0.4, -0.2) is 56.8 Å². The van der Waals surface area contributed by atoms with E-state index in [9.17, 15) is 19.5 Å². The number of benzene rings is 1. The van der Waals surface area contributed by atoms with Crippen LogP contribution in [0.2, 0.25) is 0 Å². The van der Waals surface area contributed by atoms with Gasteiger partial charge in [-0.2, -0.15) is 0 Å². The fraction of sp³-hybridized carbons (Fsp3) is 0.409. The summed E-state index contributed by atoms with van der Waals surface area (Å²) >= 11 is 0. The highest BCUT2D eigenvalue weighted by Crippen LogP contribution is 2.37. The van der Waals surface area contributed by atoms with Gasteiger partial charge in [-0.05, 0) is 49.6 Å². The number of rotatable bonds is 12. The Morgan fingerprint density at radius 1 is 1.00 bits per heavy atom. The molecule has 0 fully saturated rings. The molecule has 9 heteroatoms. The summed E-state index contributed by atoms with van der Waals surface area (Å²) < 4.78 is 14.9. The molecule has 0 heterocycles. The van der Waals surface area contributed by atoms with Crippen LogP contribution in [0.1, 0.15) is 32.3 Å². The Labute approximate surface area is 182 Å². The normalized spacial score (nSPS) is 11.2. The molecule has 9 nitrogen and oxygen atoms in total. The maximum Gasteiger partial charge on any atom is 0.302 e. The van der Waals surface area contributed by atoms with E-state index >= 15 is 0 Å². The molecule has 0 bridgehead atoms. The number of ether oxygens (including phenoxy) is 3. The number of carbonyl (C=O) groups is 3. The molecule has 1 aromatic carbocycles. The van der Waals surface area contributed by atoms with E-state index in [2.05, 4.69) is 10.6 Å². The van der Waals surface area contributed by atoms with Crippen LogP contribution >= 0.6 is 0 Å². The molecule has 1 rings (SSSR count). The number of phenols is 1. The summed E-state index contributed by atoms with van der Waals surface area (Å²) in [6, 6.07) is 3.18. The number of phenolic OH excluding ortho intramolecular Hbond substituents is 1. The summed E-state index contributed by atoms with van der Waals surface area (Å²) in [5.74, 6) is -0.494. The van der Waals surface area contributed by atoms with Crippen LogP contribution in [0, 0.1) is 0 Å². The van der Waals surface area contributed by atoms with Crippen molar-refractivity contribution >= 4 is 23.9 Å². The molecule has 0 aliphatic carbocycles. The number of hydrogen-bond donors (Lipinski definition) is 3. The molecular weight excluding hydrogens is 404 g/mol. The van der Waals surface area contributed by atoms with Crippen molar-refractivity contribution in [1.82, 2.24) is 10.6 Å². The highest BCUT2D eigenvalue weighted by molar-refractivity contribution is 5.93. The third-order valence-corrected chi connectivity index (χ3v) is 4.15. The first-order chi connectivity index (χ1) is 14.8. The van der Waals surface area contributed by atoms with E-state index in [1.807, 2.05) is 0 Å². The molecule has 0 aliphatic rings. The van der Waals surface area contributed by atoms with Gasteiger partial charge in [-0.25, -0.2) is 0 Å². The molecule has 0 saturated heterocycles. The van der Waals surface area contributed by atoms with Crippen molar-refractivity contribution in [2.45, 2.75) is 26.7 Å². The first-order valence-corrected chi connectivity index (χ1v) is 9.77. The fourth-order valence-electron chi connectivity index (χ4n) is 2.42. The minimum Gasteiger partial charge on any atom is -0.502 e. The molecule has 0 spiro atoms. The lowest BCUT2D eigenvalue weighted by atomic mass is 10.1. The van der Waals surface area contributed by atoms with Gasteiger partial charge in [0.2, 0.25) is 17.6 Å². The third kappa shape index (κ3) is 9.70. The molecule has 0 aliphatic heterocycles. The maximum absolute atomic E-state index is 11.9. The Morgan fingerprint density at radius 2 is 1.58 bits per heavy atom. The number of aromatic hydroxyl groups is 1. The minimum atomic E-state index is -0.399. The van der Waals surface area contributed by atoms with E-state index in [0.717, 1.165) is 0 Å². The number of hydrogen-bond acceptors (Lipinski definition) is 7. The summed E-state index contributed by atoms with van der Waals surface area (Å²) in [5, 5.41) is 15.4. The van der Waals surface area contributed by atoms with Gasteiger partial charge in [0.05, 0.1) is 14.2 Å². The summed E-state index contributed by atoms with van der Waals surface area (Å²) in [5.41, 5.74) is 1.11. The second-order valence-electron chi connectivity index (χ2n) is 6.55. The number of unbranched alkanes of at least 4 members (excludes halogenated alkanes) is 1. The van der Waals surface area contributed by atoms with Gasteiger partial charge in [0.1, 0.15) is 6.61 Å². The molecule has 1 aromatic rings. The number of carbonyl (C=O) groups excluding carboxylic acids is 3. The zero-order valence-corrected chi connectivity index (χ0v) is 18.3. The Hall–Kier alpha value is -3.49. The summed E-state index contributed by atoms with van der Waals surface area (Å²) in [7, 11) is 2.86. The van der Waals surface area contributed by atoms with Crippen molar-refractivity contribution < 1.29 is 33.7 Å². The molecule has 170 valence electrons. The van der Waals surface area contributed by atoms with E-state index in [0.29, 0.717) is 37.1 Å². The summed E-state index contributed by atoms with van der Waals surface area (Å²) in [4.78, 5) is 34.5. The topological polar surface area (TPSA) is 123 Å². The number of amides is 2. The van der Waals surface area contributed by atoms with Gasteiger partial charge in [-0.15, -0.1) is 0 Å². The Morgan fingerprint density at radius 3 is 2.13 bits per heavy atom. The van der Waals surface area contributed by atoms with Gasteiger partial charge in [0.15, 0.2) is 11.5 Å². The summed E-state index contributed by atoms with van der Waals surface area (Å²) in [6.45, 7) is 3.95. The second-order valence-corrected chi connectivity index (χ2v) is 6.55. The highest BCUT2D eigenvalue weighted by atomic mass is 16.5. The van der Waals surface area contributed by atoms with Gasteiger partial charge in [-0.3, -0.25) is 14.4 Å². The van der Waals surface area contributed by atoms with Gasteiger partial charge in [0.25, 0.3) is 0 Å². The fourth-order valence-corrected chi connectivity index (χ4v) is 2.42. The first-order valence-electron chi connectivity index (χ1n) is 9.77. The lowest BCUT2D eigenvalue weighted by Crippen LogP contribution is -2.27. The maximum atomic E-state index is 11.9. The molecule has 2 amide bonds. The monoisotopic (exact) mass is 434 g/mol. The second kappa shape index (κ2) is 13.7. The van der Waals surface area contributed by atoms with E-state index in [4.69, 9.17) is 14.2 Å². The van der Waals surface area contributed by atoms with Crippen LogP contribution in [0.5, 0.6) is 17.2 Å². The van der Waals surface area contributed by atoms with E-state index in [-0.39, 0.29) is 35.7 Å². The van der Waals surface area contributed by atoms with Crippen LogP contribution in [0.4, 0.5) is 0 Å². The first kappa shape index (κ1) is 25.5. The van der Waals surface area contributed by atoms with Gasteiger partial charge in [-0.1, -0.05) is 0 Å². The predicted octanol–water partition coefficient (Wildman–Crippen LogP) is 1.94. The molecule has 0 aromatic heterocycles. The Kier molecular flexibility index (Phi) is 11.3. The predicted molar refractivity (Wildman–Crippen MR) is 116 cm³/mol. The largest absolute Gasteiger partial charge is 0.502 e. The Balaban J connectivity index is 2.32. The van der Waals surface area contributed by atoms with Crippen LogP contribution in [0.25, 0.3) is 6.08 Å². The summed E-state index contributed by atoms with van der Waals surface area (Å²) in [6.07, 6.45) is 5.90. The highest BCUT2D eigenvalue weighted by Gasteiger charge is 2.10. The average Bonchev–Trinajstić information content (AvgIpc) is 2.74. The SMILES string of the molecule is COc1cc(/C=C/C(=O)NCCCCNC(=O)/C(C)=C/COC(C)=O)cc(OC)c1O. The average molecular weight is 434 g/mol. The quantitative estimate of drug-likeness (QED) is 0.261. The molecule has 0 radical (unpaired) electrons. The molecule has 0 saturated carbocycles. The third-order valence-electron chi connectivity index (χ3n) is 4.15. The smallest absolute Gasteiger partial charge is 0.302 e. The Bertz CT molecular complexity index is 806. The van der Waals surface area contributed by atoms with Crippen LogP contribution in [-0.2, 0) is 19.1 Å². The van der Waals surface area contributed by atoms with Gasteiger partial charge < -0.3 is 30.0 Å². The number of methoxy groups -OCH3 is 2. The molecular formula is C22H30N2O7. The number of esters is 1. The van der Waals surface area contributed by atoms with Crippen LogP contribution in [0.3, 0.4) is 0 Å².